The summed E-state index contributed by atoms with van der Waals surface area (Å²) < 4.78 is 46.9. The van der Waals surface area contributed by atoms with Crippen LogP contribution < -0.4 is 4.74 Å². The Morgan fingerprint density at radius 3 is 1.76 bits per heavy atom. The molecule has 0 unspecified atom stereocenters. The van der Waals surface area contributed by atoms with Crippen molar-refractivity contribution in [3.8, 4) is 11.4 Å². The zero-order valence-corrected chi connectivity index (χ0v) is 24.4. The lowest BCUT2D eigenvalue weighted by Crippen LogP contribution is -2.11. The van der Waals surface area contributed by atoms with E-state index in [1.165, 1.54) is 94.7 Å². The number of rotatable bonds is 21. The third-order valence-corrected chi connectivity index (χ3v) is 7.09. The Morgan fingerprint density at radius 2 is 1.24 bits per heavy atom. The van der Waals surface area contributed by atoms with Crippen LogP contribution >= 0.6 is 0 Å². The minimum Gasteiger partial charge on any atom is -0.494 e. The highest BCUT2D eigenvalue weighted by Gasteiger charge is 2.29. The minimum absolute atomic E-state index is 0.226. The summed E-state index contributed by atoms with van der Waals surface area (Å²) in [5.74, 6) is 0.581. The Balaban J connectivity index is 1.35. The number of nitrogens with zero attached hydrogens (tertiary/aromatic N) is 4. The minimum atomic E-state index is -4.81. The monoisotopic (exact) mass is 574 g/mol. The highest BCUT2D eigenvalue weighted by molar-refractivity contribution is 5.74. The van der Waals surface area contributed by atoms with Crippen LogP contribution in [0.4, 0.5) is 18.9 Å². The van der Waals surface area contributed by atoms with E-state index in [1.54, 1.807) is 18.2 Å². The fourth-order valence-electron chi connectivity index (χ4n) is 4.81. The van der Waals surface area contributed by atoms with Crippen molar-refractivity contribution in [1.82, 2.24) is 15.0 Å². The normalized spacial score (nSPS) is 12.0. The van der Waals surface area contributed by atoms with Gasteiger partial charge in [-0.2, -0.15) is 0 Å². The molecule has 0 fully saturated rings. The van der Waals surface area contributed by atoms with Crippen molar-refractivity contribution in [3.63, 3.8) is 0 Å². The van der Waals surface area contributed by atoms with E-state index in [1.807, 2.05) is 24.3 Å². The first-order chi connectivity index (χ1) is 20.0. The number of hydrogen-bond acceptors (Lipinski definition) is 5. The fourth-order valence-corrected chi connectivity index (χ4v) is 4.81. The Bertz CT molecular complexity index is 1130. The van der Waals surface area contributed by atoms with Crippen molar-refractivity contribution in [2.75, 3.05) is 6.61 Å². The maximum absolute atomic E-state index is 12.4. The molecule has 0 saturated carbocycles. The third-order valence-electron chi connectivity index (χ3n) is 7.09. The van der Waals surface area contributed by atoms with E-state index >= 15 is 0 Å². The van der Waals surface area contributed by atoms with Crippen molar-refractivity contribution < 1.29 is 22.6 Å². The van der Waals surface area contributed by atoms with Crippen LogP contribution in [-0.2, 0) is 4.74 Å². The van der Waals surface area contributed by atoms with Crippen molar-refractivity contribution in [3.05, 3.63) is 42.5 Å². The predicted octanol–water partition coefficient (Wildman–Crippen LogP) is 10.3. The topological polar surface area (TPSA) is 61.5 Å². The number of hydrogen-bond donors (Lipinski definition) is 0. The van der Waals surface area contributed by atoms with Gasteiger partial charge in [0.05, 0.1) is 12.3 Å². The van der Waals surface area contributed by atoms with Gasteiger partial charge in [-0.3, -0.25) is 0 Å². The van der Waals surface area contributed by atoms with Crippen LogP contribution in [0, 0.1) is 0 Å². The molecule has 41 heavy (non-hydrogen) atoms. The maximum Gasteiger partial charge on any atom is 0.573 e. The molecule has 0 aliphatic carbocycles. The summed E-state index contributed by atoms with van der Waals surface area (Å²) in [7, 11) is 0. The molecule has 1 heterocycles. The number of halogens is 3. The average molecular weight is 575 g/mol. The number of ether oxygens (including phenoxy) is 2. The first kappa shape index (κ1) is 32.4. The van der Waals surface area contributed by atoms with Gasteiger partial charge in [0.1, 0.15) is 22.5 Å². The van der Waals surface area contributed by atoms with Crippen molar-refractivity contribution in [2.24, 2.45) is 4.99 Å². The van der Waals surface area contributed by atoms with E-state index in [-0.39, 0.29) is 5.69 Å². The molecule has 0 saturated heterocycles. The predicted molar refractivity (Wildman–Crippen MR) is 159 cm³/mol. The van der Waals surface area contributed by atoms with Crippen molar-refractivity contribution in [2.45, 2.75) is 116 Å². The Kier molecular flexibility index (Phi) is 14.5. The van der Waals surface area contributed by atoms with E-state index in [0.717, 1.165) is 12.8 Å². The smallest absolute Gasteiger partial charge is 0.494 e. The molecule has 3 aromatic rings. The quantitative estimate of drug-likeness (QED) is 0.0721. The lowest BCUT2D eigenvalue weighted by atomic mass is 10.0. The van der Waals surface area contributed by atoms with Gasteiger partial charge in [-0.15, -0.1) is 28.2 Å². The number of aromatic nitrogens is 3. The largest absolute Gasteiger partial charge is 0.573 e. The molecule has 0 aliphatic rings. The van der Waals surface area contributed by atoms with Crippen LogP contribution in [0.2, 0.25) is 0 Å². The van der Waals surface area contributed by atoms with Crippen molar-refractivity contribution in [1.29, 1.82) is 0 Å². The zero-order valence-electron chi connectivity index (χ0n) is 24.4. The lowest BCUT2D eigenvalue weighted by Gasteiger charge is -2.10. The van der Waals surface area contributed by atoms with Gasteiger partial charge in [-0.25, -0.2) is 4.99 Å². The molecular weight excluding hydrogens is 529 g/mol. The van der Waals surface area contributed by atoms with Gasteiger partial charge in [-0.05, 0) is 30.7 Å². The maximum atomic E-state index is 12.4. The number of benzene rings is 2. The number of unbranched alkanes of at least 4 members (excludes halogenated alkanes) is 15. The van der Waals surface area contributed by atoms with Gasteiger partial charge in [0.25, 0.3) is 0 Å². The van der Waals surface area contributed by atoms with Crippen LogP contribution in [0.5, 0.6) is 5.75 Å². The standard InChI is InChI=1S/C32H45F3N4O2/c1-2-3-4-5-6-7-8-9-10-11-12-13-14-15-16-19-24-40-27-22-23-30(36-26-41-32(33,34)35)31(25-27)39-37-28-20-17-18-21-29(28)38-39/h17-18,20-23,25-26H,2-16,19,24H2,1H3/b36-26-. The summed E-state index contributed by atoms with van der Waals surface area (Å²) >= 11 is 0. The number of aliphatic imine (C=N–C) groups is 1. The number of fused-ring (bicyclic) bond motifs is 1. The molecule has 0 aliphatic heterocycles. The highest BCUT2D eigenvalue weighted by Crippen LogP contribution is 2.29. The molecule has 0 N–H and O–H groups in total. The Morgan fingerprint density at radius 1 is 0.732 bits per heavy atom. The van der Waals surface area contributed by atoms with Gasteiger partial charge in [-0.1, -0.05) is 115 Å². The van der Waals surface area contributed by atoms with Crippen LogP contribution in [-0.4, -0.2) is 34.4 Å². The molecular formula is C32H45F3N4O2. The molecule has 226 valence electrons. The lowest BCUT2D eigenvalue weighted by molar-refractivity contribution is -0.280. The van der Waals surface area contributed by atoms with Crippen molar-refractivity contribution >= 4 is 23.1 Å². The van der Waals surface area contributed by atoms with Gasteiger partial charge in [0, 0.05) is 6.07 Å². The van der Waals surface area contributed by atoms with Crippen LogP contribution in [0.25, 0.3) is 16.7 Å². The summed E-state index contributed by atoms with van der Waals surface area (Å²) in [6.45, 7) is 2.83. The molecule has 2 aromatic carbocycles. The third kappa shape index (κ3) is 13.0. The van der Waals surface area contributed by atoms with Gasteiger partial charge in [0.2, 0.25) is 0 Å². The molecule has 0 radical (unpaired) electrons. The van der Waals surface area contributed by atoms with Crippen LogP contribution in [0.3, 0.4) is 0 Å². The number of alkyl halides is 3. The Hall–Kier alpha value is -3.10. The molecule has 0 atom stereocenters. The van der Waals surface area contributed by atoms with E-state index in [2.05, 4.69) is 26.9 Å². The average Bonchev–Trinajstić information content (AvgIpc) is 3.39. The van der Waals surface area contributed by atoms with E-state index < -0.39 is 6.36 Å². The first-order valence-electron chi connectivity index (χ1n) is 15.3. The second-order valence-corrected chi connectivity index (χ2v) is 10.6. The summed E-state index contributed by atoms with van der Waals surface area (Å²) in [5.41, 5.74) is 1.94. The van der Waals surface area contributed by atoms with Gasteiger partial charge < -0.3 is 9.47 Å². The summed E-state index contributed by atoms with van der Waals surface area (Å²) in [6, 6.07) is 12.2. The summed E-state index contributed by atoms with van der Waals surface area (Å²) in [4.78, 5) is 5.19. The van der Waals surface area contributed by atoms with Gasteiger partial charge >= 0.3 is 6.36 Å². The van der Waals surface area contributed by atoms with Gasteiger partial charge in [0.15, 0.2) is 6.40 Å². The van der Waals surface area contributed by atoms with E-state index in [4.69, 9.17) is 4.74 Å². The molecule has 9 heteroatoms. The van der Waals surface area contributed by atoms with E-state index in [9.17, 15) is 13.2 Å². The van der Waals surface area contributed by atoms with Crippen LogP contribution in [0.1, 0.15) is 110 Å². The molecule has 1 aromatic heterocycles. The SMILES string of the molecule is CCCCCCCCCCCCCCCCCCOc1ccc(/N=C\OC(F)(F)F)c(-n2nc3ccccc3n2)c1. The highest BCUT2D eigenvalue weighted by atomic mass is 19.4. The Labute approximate surface area is 242 Å². The summed E-state index contributed by atoms with van der Waals surface area (Å²) in [6.07, 6.45) is 16.5. The molecule has 0 spiro atoms. The summed E-state index contributed by atoms with van der Waals surface area (Å²) in [5, 5.41) is 8.87. The zero-order chi connectivity index (χ0) is 29.2. The van der Waals surface area contributed by atoms with Crippen LogP contribution in [0.15, 0.2) is 47.5 Å². The molecule has 0 bridgehead atoms. The first-order valence-corrected chi connectivity index (χ1v) is 15.3. The molecule has 3 rings (SSSR count). The molecule has 6 nitrogen and oxygen atoms in total. The molecule has 0 amide bonds. The second kappa shape index (κ2) is 18.4. The fraction of sp³-hybridized carbons (Fsp3) is 0.594. The second-order valence-electron chi connectivity index (χ2n) is 10.6. The van der Waals surface area contributed by atoms with E-state index in [0.29, 0.717) is 35.5 Å².